The fourth-order valence-electron chi connectivity index (χ4n) is 2.83. The number of urea groups is 1. The van der Waals surface area contributed by atoms with Crippen molar-refractivity contribution >= 4 is 6.03 Å². The summed E-state index contributed by atoms with van der Waals surface area (Å²) < 4.78 is 0. The van der Waals surface area contributed by atoms with Crippen molar-refractivity contribution in [3.63, 3.8) is 0 Å². The molecular weight excluding hydrogens is 290 g/mol. The number of amides is 2. The van der Waals surface area contributed by atoms with Gasteiger partial charge < -0.3 is 10.2 Å². The third-order valence-corrected chi connectivity index (χ3v) is 4.03. The van der Waals surface area contributed by atoms with Crippen LogP contribution in [0.25, 0.3) is 11.4 Å². The maximum atomic E-state index is 12.1. The smallest absolute Gasteiger partial charge is 0.317 e. The van der Waals surface area contributed by atoms with Gasteiger partial charge in [0.1, 0.15) is 5.82 Å². The molecule has 2 N–H and O–H groups in total. The molecule has 0 aliphatic carbocycles. The van der Waals surface area contributed by atoms with Crippen LogP contribution in [0.5, 0.6) is 0 Å². The van der Waals surface area contributed by atoms with Gasteiger partial charge in [-0.25, -0.2) is 9.78 Å². The Morgan fingerprint density at radius 3 is 3.04 bits per heavy atom. The van der Waals surface area contributed by atoms with Gasteiger partial charge in [-0.05, 0) is 12.8 Å². The molecule has 1 aromatic heterocycles. The topological polar surface area (TPSA) is 73.9 Å². The molecule has 2 aromatic rings. The maximum absolute atomic E-state index is 12.1. The second kappa shape index (κ2) is 7.09. The number of rotatable bonds is 4. The summed E-state index contributed by atoms with van der Waals surface area (Å²) in [6.07, 6.45) is 3.66. The first-order chi connectivity index (χ1) is 11.3. The van der Waals surface area contributed by atoms with E-state index in [-0.39, 0.29) is 11.9 Å². The van der Waals surface area contributed by atoms with Crippen molar-refractivity contribution in [3.8, 4) is 11.4 Å². The zero-order chi connectivity index (χ0) is 16.1. The average molecular weight is 311 g/mol. The highest BCUT2D eigenvalue weighted by atomic mass is 16.2. The van der Waals surface area contributed by atoms with Crippen molar-refractivity contribution in [1.82, 2.24) is 25.4 Å². The average Bonchev–Trinajstić information content (AvgIpc) is 3.11. The van der Waals surface area contributed by atoms with Gasteiger partial charge in [-0.1, -0.05) is 36.4 Å². The molecule has 6 heteroatoms. The van der Waals surface area contributed by atoms with E-state index in [0.29, 0.717) is 18.9 Å². The molecule has 1 aromatic carbocycles. The molecule has 1 saturated heterocycles. The lowest BCUT2D eigenvalue weighted by Gasteiger charge is -2.31. The third kappa shape index (κ3) is 3.59. The van der Waals surface area contributed by atoms with E-state index < -0.39 is 0 Å². The molecule has 1 aliphatic heterocycles. The number of aromatic nitrogens is 3. The minimum atomic E-state index is -0.0441. The molecule has 6 nitrogen and oxygen atoms in total. The van der Waals surface area contributed by atoms with Gasteiger partial charge in [0.2, 0.25) is 0 Å². The van der Waals surface area contributed by atoms with Crippen LogP contribution in [0.15, 0.2) is 43.0 Å². The van der Waals surface area contributed by atoms with E-state index in [9.17, 15) is 4.79 Å². The highest BCUT2D eigenvalue weighted by Crippen LogP contribution is 2.26. The highest BCUT2D eigenvalue weighted by Gasteiger charge is 2.26. The summed E-state index contributed by atoms with van der Waals surface area (Å²) in [5, 5.41) is 10.2. The first-order valence-electron chi connectivity index (χ1n) is 7.89. The Hall–Kier alpha value is -2.63. The summed E-state index contributed by atoms with van der Waals surface area (Å²) >= 11 is 0. The highest BCUT2D eigenvalue weighted by molar-refractivity contribution is 5.74. The Morgan fingerprint density at radius 1 is 1.43 bits per heavy atom. The summed E-state index contributed by atoms with van der Waals surface area (Å²) in [5.41, 5.74) is 0.992. The number of carbonyl (C=O) groups excluding carboxylic acids is 1. The molecular formula is C17H21N5O. The van der Waals surface area contributed by atoms with E-state index in [1.54, 1.807) is 6.08 Å². The van der Waals surface area contributed by atoms with Gasteiger partial charge in [0, 0.05) is 31.1 Å². The predicted octanol–water partition coefficient (Wildman–Crippen LogP) is 2.55. The summed E-state index contributed by atoms with van der Waals surface area (Å²) in [6.45, 7) is 5.54. The lowest BCUT2D eigenvalue weighted by molar-refractivity contribution is 0.179. The molecule has 0 bridgehead atoms. The molecule has 2 heterocycles. The fraction of sp³-hybridized carbons (Fsp3) is 0.353. The first-order valence-corrected chi connectivity index (χ1v) is 7.89. The van der Waals surface area contributed by atoms with Crippen LogP contribution in [0.1, 0.15) is 24.6 Å². The number of carbonyl (C=O) groups is 1. The van der Waals surface area contributed by atoms with Crippen molar-refractivity contribution in [3.05, 3.63) is 48.8 Å². The lowest BCUT2D eigenvalue weighted by Crippen LogP contribution is -2.45. The number of hydrogen-bond donors (Lipinski definition) is 2. The minimum Gasteiger partial charge on any atom is -0.335 e. The van der Waals surface area contributed by atoms with Crippen LogP contribution in [-0.2, 0) is 0 Å². The van der Waals surface area contributed by atoms with Crippen LogP contribution >= 0.6 is 0 Å². The molecule has 23 heavy (non-hydrogen) atoms. The number of nitrogens with zero attached hydrogens (tertiary/aromatic N) is 3. The second-order valence-corrected chi connectivity index (χ2v) is 5.67. The number of H-pyrrole nitrogens is 1. The quantitative estimate of drug-likeness (QED) is 0.852. The van der Waals surface area contributed by atoms with Crippen LogP contribution in [0.2, 0.25) is 0 Å². The van der Waals surface area contributed by atoms with Gasteiger partial charge in [-0.3, -0.25) is 5.10 Å². The van der Waals surface area contributed by atoms with Crippen molar-refractivity contribution in [1.29, 1.82) is 0 Å². The summed E-state index contributed by atoms with van der Waals surface area (Å²) in [6, 6.07) is 9.84. The van der Waals surface area contributed by atoms with Crippen molar-refractivity contribution < 1.29 is 4.79 Å². The Balaban J connectivity index is 1.68. The molecule has 1 fully saturated rings. The van der Waals surface area contributed by atoms with E-state index in [4.69, 9.17) is 0 Å². The summed E-state index contributed by atoms with van der Waals surface area (Å²) in [7, 11) is 0. The van der Waals surface area contributed by atoms with E-state index in [2.05, 4.69) is 27.1 Å². The van der Waals surface area contributed by atoms with Crippen LogP contribution in [0, 0.1) is 0 Å². The Labute approximate surface area is 135 Å². The SMILES string of the molecule is C=CCNC(=O)N1CCC[C@@H](c2nc(-c3ccccc3)n[nH]2)C1. The third-order valence-electron chi connectivity index (χ3n) is 4.03. The van der Waals surface area contributed by atoms with Crippen molar-refractivity contribution in [2.45, 2.75) is 18.8 Å². The zero-order valence-electron chi connectivity index (χ0n) is 13.0. The zero-order valence-corrected chi connectivity index (χ0v) is 13.0. The number of hydrogen-bond acceptors (Lipinski definition) is 3. The monoisotopic (exact) mass is 311 g/mol. The number of aromatic amines is 1. The van der Waals surface area contributed by atoms with Gasteiger partial charge in [0.15, 0.2) is 5.82 Å². The van der Waals surface area contributed by atoms with Crippen LogP contribution < -0.4 is 5.32 Å². The molecule has 0 saturated carbocycles. The van der Waals surface area contributed by atoms with Gasteiger partial charge in [0.05, 0.1) is 0 Å². The number of benzene rings is 1. The fourth-order valence-corrected chi connectivity index (χ4v) is 2.83. The summed E-state index contributed by atoms with van der Waals surface area (Å²) in [4.78, 5) is 18.5. The number of likely N-dealkylation sites (tertiary alicyclic amines) is 1. The second-order valence-electron chi connectivity index (χ2n) is 5.67. The lowest BCUT2D eigenvalue weighted by atomic mass is 9.97. The Kier molecular flexibility index (Phi) is 4.71. The molecule has 0 spiro atoms. The largest absolute Gasteiger partial charge is 0.335 e. The van der Waals surface area contributed by atoms with E-state index >= 15 is 0 Å². The minimum absolute atomic E-state index is 0.0441. The van der Waals surface area contributed by atoms with Gasteiger partial charge in [-0.15, -0.1) is 6.58 Å². The molecule has 0 unspecified atom stereocenters. The Morgan fingerprint density at radius 2 is 2.26 bits per heavy atom. The molecule has 0 radical (unpaired) electrons. The van der Waals surface area contributed by atoms with Crippen molar-refractivity contribution in [2.24, 2.45) is 0 Å². The normalized spacial score (nSPS) is 17.7. The summed E-state index contributed by atoms with van der Waals surface area (Å²) in [5.74, 6) is 1.75. The maximum Gasteiger partial charge on any atom is 0.317 e. The molecule has 2 amide bonds. The van der Waals surface area contributed by atoms with Gasteiger partial charge in [0.25, 0.3) is 0 Å². The van der Waals surface area contributed by atoms with Crippen molar-refractivity contribution in [2.75, 3.05) is 19.6 Å². The van der Waals surface area contributed by atoms with E-state index in [1.807, 2.05) is 35.2 Å². The molecule has 120 valence electrons. The first kappa shape index (κ1) is 15.3. The molecule has 3 rings (SSSR count). The van der Waals surface area contributed by atoms with E-state index in [0.717, 1.165) is 30.8 Å². The Bertz CT molecular complexity index is 667. The van der Waals surface area contributed by atoms with Crippen LogP contribution in [0.4, 0.5) is 4.79 Å². The molecule has 1 atom stereocenters. The number of nitrogens with one attached hydrogen (secondary N) is 2. The van der Waals surface area contributed by atoms with Gasteiger partial charge >= 0.3 is 6.03 Å². The molecule has 1 aliphatic rings. The van der Waals surface area contributed by atoms with E-state index in [1.165, 1.54) is 0 Å². The number of piperidine rings is 1. The van der Waals surface area contributed by atoms with Gasteiger partial charge in [-0.2, -0.15) is 5.10 Å². The standard InChI is InChI=1S/C17H21N5O/c1-2-10-18-17(23)22-11-6-9-14(12-22)16-19-15(20-21-16)13-7-4-3-5-8-13/h2-5,7-8,14H,1,6,9-12H2,(H,18,23)(H,19,20,21)/t14-/m1/s1. The predicted molar refractivity (Wildman–Crippen MR) is 89.0 cm³/mol. The van der Waals surface area contributed by atoms with Crippen LogP contribution in [0.3, 0.4) is 0 Å². The van der Waals surface area contributed by atoms with Crippen LogP contribution in [-0.4, -0.2) is 45.7 Å².